The van der Waals surface area contributed by atoms with Gasteiger partial charge in [0.25, 0.3) is 0 Å². The Kier molecular flexibility index (Phi) is 4.45. The van der Waals surface area contributed by atoms with E-state index in [1.807, 2.05) is 13.8 Å². The summed E-state index contributed by atoms with van der Waals surface area (Å²) in [7, 11) is 0. The molecule has 1 unspecified atom stereocenters. The Morgan fingerprint density at radius 3 is 2.75 bits per heavy atom. The Morgan fingerprint density at radius 1 is 1.62 bits per heavy atom. The van der Waals surface area contributed by atoms with E-state index in [-0.39, 0.29) is 19.3 Å². The van der Waals surface area contributed by atoms with Crippen LogP contribution in [0.5, 0.6) is 0 Å². The number of aliphatic hydroxyl groups is 1. The quantitative estimate of drug-likeness (QED) is 0.744. The minimum atomic E-state index is -1.09. The van der Waals surface area contributed by atoms with Crippen molar-refractivity contribution in [1.82, 2.24) is 9.78 Å². The molecule has 0 radical (unpaired) electrons. The molecule has 0 aliphatic rings. The Balaban J connectivity index is 2.80. The molecule has 1 heterocycles. The zero-order valence-electron chi connectivity index (χ0n) is 9.33. The van der Waals surface area contributed by atoms with Crippen LogP contribution >= 0.6 is 0 Å². The number of aromatic nitrogens is 2. The largest absolute Gasteiger partial charge is 0.479 e. The van der Waals surface area contributed by atoms with Crippen molar-refractivity contribution in [2.75, 3.05) is 13.2 Å². The highest BCUT2D eigenvalue weighted by molar-refractivity contribution is 5.74. The molecule has 0 spiro atoms. The number of rotatable bonds is 6. The first kappa shape index (κ1) is 12.7. The van der Waals surface area contributed by atoms with E-state index >= 15 is 0 Å². The Bertz CT molecular complexity index is 348. The molecule has 90 valence electrons. The molecule has 6 heteroatoms. The average Bonchev–Trinajstić information content (AvgIpc) is 2.67. The molecule has 1 rings (SSSR count). The van der Waals surface area contributed by atoms with Crippen molar-refractivity contribution in [3.63, 3.8) is 0 Å². The van der Waals surface area contributed by atoms with Crippen molar-refractivity contribution in [2.24, 2.45) is 0 Å². The molecule has 0 aliphatic carbocycles. The Labute approximate surface area is 93.5 Å². The van der Waals surface area contributed by atoms with Crippen LogP contribution in [0.1, 0.15) is 31.6 Å². The lowest BCUT2D eigenvalue weighted by atomic mass is 10.2. The summed E-state index contributed by atoms with van der Waals surface area (Å²) < 4.78 is 6.69. The number of nitrogens with zero attached hydrogens (tertiary/aromatic N) is 2. The molecule has 6 nitrogen and oxygen atoms in total. The highest BCUT2D eigenvalue weighted by Gasteiger charge is 2.22. The van der Waals surface area contributed by atoms with E-state index in [4.69, 9.17) is 14.9 Å². The van der Waals surface area contributed by atoms with Crippen molar-refractivity contribution in [3.8, 4) is 0 Å². The van der Waals surface area contributed by atoms with Crippen LogP contribution in [-0.4, -0.2) is 39.2 Å². The van der Waals surface area contributed by atoms with Crippen LogP contribution < -0.4 is 0 Å². The Hall–Kier alpha value is -1.40. The first-order chi connectivity index (χ1) is 7.56. The zero-order chi connectivity index (χ0) is 12.1. The van der Waals surface area contributed by atoms with Crippen LogP contribution in [0.4, 0.5) is 0 Å². The summed E-state index contributed by atoms with van der Waals surface area (Å²) in [6.45, 7) is 3.67. The van der Waals surface area contributed by atoms with Gasteiger partial charge < -0.3 is 14.9 Å². The molecule has 0 bridgehead atoms. The lowest BCUT2D eigenvalue weighted by Crippen LogP contribution is -2.16. The highest BCUT2D eigenvalue weighted by Crippen LogP contribution is 2.18. The second-order valence-corrected chi connectivity index (χ2v) is 3.66. The van der Waals surface area contributed by atoms with Crippen molar-refractivity contribution in [3.05, 3.63) is 18.0 Å². The first-order valence-electron chi connectivity index (χ1n) is 5.05. The molecule has 0 saturated carbocycles. The van der Waals surface area contributed by atoms with Gasteiger partial charge in [0, 0.05) is 17.8 Å². The molecular formula is C10H16N2O4. The standard InChI is InChI=1S/C10H16N2O4/c1-7(2)12-6-8(5-11-12)9(10(14)15)16-4-3-13/h5-7,9,13H,3-4H2,1-2H3,(H,14,15). The molecule has 1 aromatic heterocycles. The van der Waals surface area contributed by atoms with Crippen LogP contribution in [-0.2, 0) is 9.53 Å². The van der Waals surface area contributed by atoms with E-state index in [1.165, 1.54) is 6.20 Å². The van der Waals surface area contributed by atoms with Crippen molar-refractivity contribution >= 4 is 5.97 Å². The van der Waals surface area contributed by atoms with Gasteiger partial charge in [-0.3, -0.25) is 4.68 Å². The second kappa shape index (κ2) is 5.62. The number of carboxylic acids is 1. The fourth-order valence-corrected chi connectivity index (χ4v) is 1.25. The summed E-state index contributed by atoms with van der Waals surface area (Å²) in [5.74, 6) is -1.09. The van der Waals surface area contributed by atoms with Gasteiger partial charge in [-0.05, 0) is 13.8 Å². The summed E-state index contributed by atoms with van der Waals surface area (Å²) in [4.78, 5) is 10.9. The number of carbonyl (C=O) groups is 1. The number of hydrogen-bond donors (Lipinski definition) is 2. The minimum Gasteiger partial charge on any atom is -0.479 e. The van der Waals surface area contributed by atoms with Gasteiger partial charge in [-0.15, -0.1) is 0 Å². The van der Waals surface area contributed by atoms with Gasteiger partial charge in [0.1, 0.15) is 0 Å². The fourth-order valence-electron chi connectivity index (χ4n) is 1.25. The Morgan fingerprint density at radius 2 is 2.31 bits per heavy atom. The maximum Gasteiger partial charge on any atom is 0.337 e. The van der Waals surface area contributed by atoms with E-state index in [0.717, 1.165) is 0 Å². The fraction of sp³-hybridized carbons (Fsp3) is 0.600. The topological polar surface area (TPSA) is 84.6 Å². The number of carboxylic acid groups (broad SMARTS) is 1. The molecule has 2 N–H and O–H groups in total. The first-order valence-corrected chi connectivity index (χ1v) is 5.05. The van der Waals surface area contributed by atoms with E-state index in [1.54, 1.807) is 10.9 Å². The second-order valence-electron chi connectivity index (χ2n) is 3.66. The van der Waals surface area contributed by atoms with Gasteiger partial charge in [0.2, 0.25) is 0 Å². The van der Waals surface area contributed by atoms with Crippen LogP contribution in [0.25, 0.3) is 0 Å². The molecule has 0 aromatic carbocycles. The third-order valence-corrected chi connectivity index (χ3v) is 2.05. The van der Waals surface area contributed by atoms with Gasteiger partial charge in [-0.1, -0.05) is 0 Å². The minimum absolute atomic E-state index is 0.0101. The van der Waals surface area contributed by atoms with E-state index in [2.05, 4.69) is 5.10 Å². The van der Waals surface area contributed by atoms with Crippen LogP contribution in [0, 0.1) is 0 Å². The SMILES string of the molecule is CC(C)n1cc(C(OCCO)C(=O)O)cn1. The number of hydrogen-bond acceptors (Lipinski definition) is 4. The van der Waals surface area contributed by atoms with Crippen molar-refractivity contribution in [2.45, 2.75) is 26.0 Å². The van der Waals surface area contributed by atoms with Crippen LogP contribution in [0.3, 0.4) is 0 Å². The molecule has 0 amide bonds. The molecule has 1 aromatic rings. The predicted molar refractivity (Wildman–Crippen MR) is 56.0 cm³/mol. The van der Waals surface area contributed by atoms with Gasteiger partial charge in [0.15, 0.2) is 6.10 Å². The third-order valence-electron chi connectivity index (χ3n) is 2.05. The van der Waals surface area contributed by atoms with Crippen LogP contribution in [0.15, 0.2) is 12.4 Å². The maximum absolute atomic E-state index is 10.9. The summed E-state index contributed by atoms with van der Waals surface area (Å²) >= 11 is 0. The monoisotopic (exact) mass is 228 g/mol. The highest BCUT2D eigenvalue weighted by atomic mass is 16.5. The maximum atomic E-state index is 10.9. The van der Waals surface area contributed by atoms with E-state index in [0.29, 0.717) is 5.56 Å². The molecule has 0 fully saturated rings. The number of aliphatic carboxylic acids is 1. The van der Waals surface area contributed by atoms with E-state index < -0.39 is 12.1 Å². The predicted octanol–water partition coefficient (Wildman–Crippen LogP) is 0.599. The van der Waals surface area contributed by atoms with Crippen molar-refractivity contribution in [1.29, 1.82) is 0 Å². The van der Waals surface area contributed by atoms with Gasteiger partial charge in [0.05, 0.1) is 19.4 Å². The van der Waals surface area contributed by atoms with Crippen molar-refractivity contribution < 1.29 is 19.7 Å². The molecule has 1 atom stereocenters. The molecule has 0 aliphatic heterocycles. The smallest absolute Gasteiger partial charge is 0.337 e. The third kappa shape index (κ3) is 3.04. The average molecular weight is 228 g/mol. The normalized spacial score (nSPS) is 13.0. The summed E-state index contributed by atoms with van der Waals surface area (Å²) in [6, 6.07) is 0.168. The summed E-state index contributed by atoms with van der Waals surface area (Å²) in [5.41, 5.74) is 0.481. The van der Waals surface area contributed by atoms with Crippen LogP contribution in [0.2, 0.25) is 0 Å². The molecule has 0 saturated heterocycles. The number of aliphatic hydroxyl groups excluding tert-OH is 1. The van der Waals surface area contributed by atoms with Gasteiger partial charge >= 0.3 is 5.97 Å². The summed E-state index contributed by atoms with van der Waals surface area (Å²) in [5, 5.41) is 21.6. The lowest BCUT2D eigenvalue weighted by molar-refractivity contribution is -0.151. The lowest BCUT2D eigenvalue weighted by Gasteiger charge is -2.10. The molecule has 16 heavy (non-hydrogen) atoms. The van der Waals surface area contributed by atoms with Gasteiger partial charge in [-0.25, -0.2) is 4.79 Å². The number of ether oxygens (including phenoxy) is 1. The van der Waals surface area contributed by atoms with Gasteiger partial charge in [-0.2, -0.15) is 5.10 Å². The molecular weight excluding hydrogens is 212 g/mol. The summed E-state index contributed by atoms with van der Waals surface area (Å²) in [6.07, 6.45) is 2.04. The zero-order valence-corrected chi connectivity index (χ0v) is 9.33. The van der Waals surface area contributed by atoms with E-state index in [9.17, 15) is 4.79 Å².